The fraction of sp³-hybridized carbons (Fsp3) is 0.444. The first-order valence-electron chi connectivity index (χ1n) is 4.10. The minimum Gasteiger partial charge on any atom is -0.591 e. The van der Waals surface area contributed by atoms with Crippen LogP contribution in [0.3, 0.4) is 0 Å². The van der Waals surface area contributed by atoms with E-state index >= 15 is 0 Å². The maximum absolute atomic E-state index is 11.6. The summed E-state index contributed by atoms with van der Waals surface area (Å²) >= 11 is 3.78. The number of hydrogen-bond acceptors (Lipinski definition) is 3. The van der Waals surface area contributed by atoms with E-state index in [0.29, 0.717) is 0 Å². The molecule has 0 aliphatic carbocycles. The first kappa shape index (κ1) is 12.2. The van der Waals surface area contributed by atoms with E-state index in [-0.39, 0.29) is 4.75 Å². The third kappa shape index (κ3) is 3.38. The summed E-state index contributed by atoms with van der Waals surface area (Å²) < 4.78 is 16.3. The standard InChI is InChI=1S/C9H12BrNOS2/c1-9(2,3)14(12)11-6-8-7(10)4-5-13-8/h4-6H,1-3H3/b11-6+/t14-/m0/s1. The third-order valence-electron chi connectivity index (χ3n) is 1.43. The number of nitrogens with zero attached hydrogens (tertiary/aromatic N) is 1. The first-order valence-corrected chi connectivity index (χ1v) is 6.88. The molecule has 0 spiro atoms. The van der Waals surface area contributed by atoms with Crippen LogP contribution >= 0.6 is 27.3 Å². The van der Waals surface area contributed by atoms with Gasteiger partial charge in [0.2, 0.25) is 0 Å². The molecular weight excluding hydrogens is 282 g/mol. The average Bonchev–Trinajstić information content (AvgIpc) is 2.45. The topological polar surface area (TPSA) is 35.4 Å². The van der Waals surface area contributed by atoms with Crippen molar-refractivity contribution < 1.29 is 4.55 Å². The fourth-order valence-corrected chi connectivity index (χ4v) is 2.57. The molecule has 1 rings (SSSR count). The van der Waals surface area contributed by atoms with Gasteiger partial charge in [-0.1, -0.05) is 4.40 Å². The molecule has 0 saturated heterocycles. The zero-order chi connectivity index (χ0) is 10.8. The molecular formula is C9H12BrNOS2. The van der Waals surface area contributed by atoms with Crippen LogP contribution in [0.2, 0.25) is 0 Å². The molecule has 2 nitrogen and oxygen atoms in total. The molecule has 0 amide bonds. The molecule has 0 fully saturated rings. The van der Waals surface area contributed by atoms with Crippen molar-refractivity contribution in [1.82, 2.24) is 0 Å². The smallest absolute Gasteiger partial charge is 0.144 e. The summed E-state index contributed by atoms with van der Waals surface area (Å²) in [6.07, 6.45) is 1.66. The molecule has 0 saturated carbocycles. The molecule has 1 atom stereocenters. The predicted molar refractivity (Wildman–Crippen MR) is 67.5 cm³/mol. The molecule has 0 unspecified atom stereocenters. The van der Waals surface area contributed by atoms with E-state index in [1.807, 2.05) is 32.2 Å². The second kappa shape index (κ2) is 4.79. The molecule has 14 heavy (non-hydrogen) atoms. The van der Waals surface area contributed by atoms with Crippen molar-refractivity contribution in [3.05, 3.63) is 20.8 Å². The summed E-state index contributed by atoms with van der Waals surface area (Å²) in [5.41, 5.74) is 0. The van der Waals surface area contributed by atoms with Crippen LogP contribution in [-0.4, -0.2) is 15.5 Å². The quantitative estimate of drug-likeness (QED) is 0.608. The number of thiophene rings is 1. The lowest BCUT2D eigenvalue weighted by Gasteiger charge is -2.17. The highest BCUT2D eigenvalue weighted by molar-refractivity contribution is 9.10. The highest BCUT2D eigenvalue weighted by atomic mass is 79.9. The van der Waals surface area contributed by atoms with Crippen molar-refractivity contribution in [2.45, 2.75) is 25.5 Å². The van der Waals surface area contributed by atoms with Crippen LogP contribution in [0.1, 0.15) is 25.6 Å². The van der Waals surface area contributed by atoms with Crippen LogP contribution in [0.5, 0.6) is 0 Å². The molecule has 0 aliphatic heterocycles. The van der Waals surface area contributed by atoms with Gasteiger partial charge in [-0.2, -0.15) is 0 Å². The normalized spacial score (nSPS) is 14.9. The van der Waals surface area contributed by atoms with Gasteiger partial charge in [0.25, 0.3) is 0 Å². The molecule has 0 bridgehead atoms. The zero-order valence-corrected chi connectivity index (χ0v) is 11.5. The minimum atomic E-state index is -1.17. The van der Waals surface area contributed by atoms with Gasteiger partial charge in [-0.25, -0.2) is 0 Å². The van der Waals surface area contributed by atoms with Crippen LogP contribution in [-0.2, 0) is 11.4 Å². The van der Waals surface area contributed by atoms with E-state index in [2.05, 4.69) is 20.3 Å². The van der Waals surface area contributed by atoms with E-state index in [0.717, 1.165) is 9.35 Å². The van der Waals surface area contributed by atoms with Gasteiger partial charge < -0.3 is 4.55 Å². The Hall–Kier alpha value is 0.160. The summed E-state index contributed by atoms with van der Waals surface area (Å²) in [5.74, 6) is 0. The van der Waals surface area contributed by atoms with E-state index in [4.69, 9.17) is 0 Å². The molecule has 1 aromatic rings. The lowest BCUT2D eigenvalue weighted by Crippen LogP contribution is -2.25. The van der Waals surface area contributed by atoms with Gasteiger partial charge >= 0.3 is 0 Å². The summed E-state index contributed by atoms with van der Waals surface area (Å²) in [6.45, 7) is 5.72. The summed E-state index contributed by atoms with van der Waals surface area (Å²) in [7, 11) is 0. The summed E-state index contributed by atoms with van der Waals surface area (Å²) in [5, 5.41) is 1.96. The first-order chi connectivity index (χ1) is 6.41. The summed E-state index contributed by atoms with van der Waals surface area (Å²) in [4.78, 5) is 1.00. The monoisotopic (exact) mass is 293 g/mol. The Kier molecular flexibility index (Phi) is 4.18. The fourth-order valence-electron chi connectivity index (χ4n) is 0.651. The highest BCUT2D eigenvalue weighted by Gasteiger charge is 2.25. The van der Waals surface area contributed by atoms with E-state index in [1.165, 1.54) is 0 Å². The second-order valence-corrected chi connectivity index (χ2v) is 7.46. The molecule has 78 valence electrons. The molecule has 5 heteroatoms. The second-order valence-electron chi connectivity index (χ2n) is 3.73. The molecule has 1 heterocycles. The van der Waals surface area contributed by atoms with Gasteiger partial charge in [-0.15, -0.1) is 11.3 Å². The maximum atomic E-state index is 11.6. The van der Waals surface area contributed by atoms with Gasteiger partial charge in [0.05, 0.1) is 11.1 Å². The number of hydrogen-bond donors (Lipinski definition) is 0. The molecule has 0 aromatic carbocycles. The SMILES string of the molecule is CC(C)(C)[S@+]([O-])/N=C/c1sccc1Br. The highest BCUT2D eigenvalue weighted by Crippen LogP contribution is 2.22. The zero-order valence-electron chi connectivity index (χ0n) is 8.28. The van der Waals surface area contributed by atoms with Gasteiger partial charge in [-0.3, -0.25) is 0 Å². The lowest BCUT2D eigenvalue weighted by atomic mass is 10.3. The number of rotatable bonds is 2. The van der Waals surface area contributed by atoms with Crippen molar-refractivity contribution in [3.63, 3.8) is 0 Å². The van der Waals surface area contributed by atoms with Crippen LogP contribution in [0.25, 0.3) is 0 Å². The minimum absolute atomic E-state index is 0.291. The third-order valence-corrected chi connectivity index (χ3v) is 4.58. The van der Waals surface area contributed by atoms with Gasteiger partial charge in [0.1, 0.15) is 16.1 Å². The van der Waals surface area contributed by atoms with Crippen molar-refractivity contribution >= 4 is 44.8 Å². The van der Waals surface area contributed by atoms with Crippen molar-refractivity contribution in [3.8, 4) is 0 Å². The van der Waals surface area contributed by atoms with Crippen molar-refractivity contribution in [2.24, 2.45) is 4.40 Å². The molecule has 0 N–H and O–H groups in total. The van der Waals surface area contributed by atoms with Crippen LogP contribution in [0, 0.1) is 0 Å². The van der Waals surface area contributed by atoms with Crippen LogP contribution in [0.4, 0.5) is 0 Å². The Morgan fingerprint density at radius 1 is 1.57 bits per heavy atom. The largest absolute Gasteiger partial charge is 0.591 e. The summed E-state index contributed by atoms with van der Waals surface area (Å²) in [6, 6.07) is 1.95. The van der Waals surface area contributed by atoms with Crippen LogP contribution < -0.4 is 0 Å². The van der Waals surface area contributed by atoms with E-state index in [1.54, 1.807) is 17.6 Å². The van der Waals surface area contributed by atoms with Crippen LogP contribution in [0.15, 0.2) is 20.3 Å². The average molecular weight is 294 g/mol. The van der Waals surface area contributed by atoms with Gasteiger partial charge in [-0.05, 0) is 48.1 Å². The Labute approximate surface area is 99.9 Å². The number of halogens is 1. The van der Waals surface area contributed by atoms with E-state index < -0.39 is 11.4 Å². The Balaban J connectivity index is 2.70. The maximum Gasteiger partial charge on any atom is 0.144 e. The predicted octanol–water partition coefficient (Wildman–Crippen LogP) is 3.39. The Morgan fingerprint density at radius 2 is 2.21 bits per heavy atom. The molecule has 0 aliphatic rings. The molecule has 1 aromatic heterocycles. The van der Waals surface area contributed by atoms with E-state index in [9.17, 15) is 4.55 Å². The van der Waals surface area contributed by atoms with Gasteiger partial charge in [0.15, 0.2) is 0 Å². The Bertz CT molecular complexity index is 330. The van der Waals surface area contributed by atoms with Gasteiger partial charge in [0, 0.05) is 4.47 Å². The Morgan fingerprint density at radius 3 is 2.64 bits per heavy atom. The van der Waals surface area contributed by atoms with Crippen molar-refractivity contribution in [2.75, 3.05) is 0 Å². The molecule has 0 radical (unpaired) electrons. The van der Waals surface area contributed by atoms with Crippen molar-refractivity contribution in [1.29, 1.82) is 0 Å². The lowest BCUT2D eigenvalue weighted by molar-refractivity contribution is 0.562.